The lowest BCUT2D eigenvalue weighted by Crippen LogP contribution is -1.96. The number of fused-ring (bicyclic) bond motifs is 14. The van der Waals surface area contributed by atoms with E-state index in [1.54, 1.807) is 0 Å². The Morgan fingerprint density at radius 3 is 1.01 bits per heavy atom. The van der Waals surface area contributed by atoms with Gasteiger partial charge in [-0.15, -0.1) is 0 Å². The lowest BCUT2D eigenvalue weighted by molar-refractivity contribution is 1.18. The fraction of sp³-hybridized carbons (Fsp3) is 0.0417. The molecule has 0 spiro atoms. The summed E-state index contributed by atoms with van der Waals surface area (Å²) in [6, 6.07) is 131. The van der Waals surface area contributed by atoms with Crippen molar-refractivity contribution in [1.29, 1.82) is 0 Å². The van der Waals surface area contributed by atoms with Crippen molar-refractivity contribution in [3.05, 3.63) is 386 Å². The van der Waals surface area contributed by atoms with E-state index in [2.05, 4.69) is 410 Å². The van der Waals surface area contributed by atoms with Gasteiger partial charge in [-0.2, -0.15) is 0 Å². The van der Waals surface area contributed by atoms with Crippen LogP contribution in [0.3, 0.4) is 0 Å². The topological polar surface area (TPSA) is 19.7 Å². The maximum Gasteiger partial charge on any atom is 0.0541 e. The van der Waals surface area contributed by atoms with Gasteiger partial charge in [0.05, 0.1) is 55.5 Å². The summed E-state index contributed by atoms with van der Waals surface area (Å²) in [5, 5.41) is 15.6. The molecule has 0 N–H and O–H groups in total. The third-order valence-corrected chi connectivity index (χ3v) is 19.8. The van der Waals surface area contributed by atoms with Gasteiger partial charge >= 0.3 is 0 Å². The van der Waals surface area contributed by atoms with E-state index in [4.69, 9.17) is 0 Å². The Bertz CT molecular complexity index is 6430. The molecule has 4 aromatic heterocycles. The Morgan fingerprint density at radius 1 is 0.170 bits per heavy atom. The summed E-state index contributed by atoms with van der Waals surface area (Å²) in [5.41, 5.74) is 25.0. The van der Waals surface area contributed by atoms with E-state index in [1.165, 1.54) is 176 Å². The second kappa shape index (κ2) is 26.0. The zero-order valence-corrected chi connectivity index (χ0v) is 56.4. The molecule has 0 unspecified atom stereocenters. The summed E-state index contributed by atoms with van der Waals surface area (Å²) in [4.78, 5) is 0. The highest BCUT2D eigenvalue weighted by Gasteiger charge is 2.19. The molecule has 0 fully saturated rings. The average molecular weight is 1280 g/mol. The van der Waals surface area contributed by atoms with Gasteiger partial charge in [0.25, 0.3) is 0 Å². The zero-order valence-electron chi connectivity index (χ0n) is 56.4. The van der Waals surface area contributed by atoms with Crippen LogP contribution in [0.15, 0.2) is 364 Å². The molecule has 0 amide bonds. The molecule has 0 aliphatic carbocycles. The molecule has 0 saturated heterocycles. The first-order chi connectivity index (χ1) is 49.3. The van der Waals surface area contributed by atoms with Gasteiger partial charge in [-0.25, -0.2) is 0 Å². The van der Waals surface area contributed by atoms with Crippen LogP contribution in [0.25, 0.3) is 154 Å². The summed E-state index contributed by atoms with van der Waals surface area (Å²) in [7, 11) is 0. The number of rotatable bonds is 6. The highest BCUT2D eigenvalue weighted by atomic mass is 15.0. The van der Waals surface area contributed by atoms with Crippen LogP contribution in [0.4, 0.5) is 0 Å². The molecule has 16 aromatic carbocycles. The zero-order chi connectivity index (χ0) is 67.2. The Kier molecular flexibility index (Phi) is 15.8. The molecular weight excluding hydrogens is 1210 g/mol. The Labute approximate surface area is 582 Å². The van der Waals surface area contributed by atoms with Crippen molar-refractivity contribution < 1.29 is 0 Å². The molecule has 4 heteroatoms. The van der Waals surface area contributed by atoms with Crippen LogP contribution in [0, 0.1) is 27.7 Å². The molecule has 0 aliphatic heterocycles. The molecule has 0 radical (unpaired) electrons. The minimum absolute atomic E-state index is 1.19. The maximum absolute atomic E-state index is 2.40. The first-order valence-electron chi connectivity index (χ1n) is 34.6. The van der Waals surface area contributed by atoms with E-state index in [0.717, 1.165) is 0 Å². The fourth-order valence-electron chi connectivity index (χ4n) is 15.1. The summed E-state index contributed by atoms with van der Waals surface area (Å²) in [6.07, 6.45) is 0. The van der Waals surface area contributed by atoms with Crippen LogP contribution in [0.1, 0.15) is 22.3 Å². The summed E-state index contributed by atoms with van der Waals surface area (Å²) >= 11 is 0. The predicted molar refractivity (Wildman–Crippen MR) is 428 cm³/mol. The Morgan fingerprint density at radius 2 is 0.500 bits per heavy atom. The van der Waals surface area contributed by atoms with Crippen molar-refractivity contribution in [3.8, 4) is 45.0 Å². The van der Waals surface area contributed by atoms with Gasteiger partial charge in [-0.3, -0.25) is 0 Å². The van der Waals surface area contributed by atoms with Crippen LogP contribution in [-0.4, -0.2) is 18.3 Å². The second-order valence-corrected chi connectivity index (χ2v) is 26.3. The minimum Gasteiger partial charge on any atom is -0.309 e. The lowest BCUT2D eigenvalue weighted by Gasteiger charge is -2.14. The first kappa shape index (κ1) is 60.9. The molecule has 0 saturated carbocycles. The number of para-hydroxylation sites is 5. The van der Waals surface area contributed by atoms with Crippen LogP contribution in [-0.2, 0) is 0 Å². The predicted octanol–water partition coefficient (Wildman–Crippen LogP) is 26.0. The van der Waals surface area contributed by atoms with Crippen molar-refractivity contribution >= 4 is 109 Å². The van der Waals surface area contributed by atoms with Crippen LogP contribution in [0.5, 0.6) is 0 Å². The van der Waals surface area contributed by atoms with E-state index in [1.807, 2.05) is 0 Å². The van der Waals surface area contributed by atoms with Gasteiger partial charge in [-0.1, -0.05) is 277 Å². The third-order valence-electron chi connectivity index (χ3n) is 19.8. The van der Waals surface area contributed by atoms with Crippen molar-refractivity contribution in [1.82, 2.24) is 18.3 Å². The molecule has 20 rings (SSSR count). The van der Waals surface area contributed by atoms with E-state index >= 15 is 0 Å². The van der Waals surface area contributed by atoms with Crippen molar-refractivity contribution in [2.75, 3.05) is 0 Å². The monoisotopic (exact) mass is 1280 g/mol. The molecular formula is C96H72N4. The number of hydrogen-bond donors (Lipinski definition) is 0. The number of hydrogen-bond acceptors (Lipinski definition) is 0. The maximum atomic E-state index is 2.40. The van der Waals surface area contributed by atoms with Crippen molar-refractivity contribution in [2.24, 2.45) is 0 Å². The van der Waals surface area contributed by atoms with Gasteiger partial charge in [-0.05, 0) is 170 Å². The van der Waals surface area contributed by atoms with Gasteiger partial charge in [0.15, 0.2) is 0 Å². The number of aryl methyl sites for hydroxylation is 4. The van der Waals surface area contributed by atoms with E-state index in [9.17, 15) is 0 Å². The molecule has 0 atom stereocenters. The van der Waals surface area contributed by atoms with Crippen LogP contribution < -0.4 is 0 Å². The smallest absolute Gasteiger partial charge is 0.0541 e. The largest absolute Gasteiger partial charge is 0.309 e. The summed E-state index contributed by atoms with van der Waals surface area (Å²) in [6.45, 7) is 8.62. The van der Waals surface area contributed by atoms with Crippen molar-refractivity contribution in [2.45, 2.75) is 27.7 Å². The lowest BCUT2D eigenvalue weighted by atomic mass is 10.0. The fourth-order valence-corrected chi connectivity index (χ4v) is 15.1. The Hall–Kier alpha value is -12.8. The van der Waals surface area contributed by atoms with Gasteiger partial charge < -0.3 is 18.3 Å². The Balaban J connectivity index is 0.0000000997. The second-order valence-electron chi connectivity index (χ2n) is 26.3. The number of benzene rings is 16. The molecule has 0 aliphatic rings. The van der Waals surface area contributed by atoms with Gasteiger partial charge in [0.2, 0.25) is 0 Å². The molecule has 100 heavy (non-hydrogen) atoms. The highest BCUT2D eigenvalue weighted by Crippen LogP contribution is 2.40. The van der Waals surface area contributed by atoms with E-state index in [0.29, 0.717) is 0 Å². The number of nitrogens with zero attached hydrogens (tertiary/aromatic N) is 4. The molecule has 20 aromatic rings. The summed E-state index contributed by atoms with van der Waals surface area (Å²) in [5.74, 6) is 0. The first-order valence-corrected chi connectivity index (χ1v) is 34.6. The molecule has 476 valence electrons. The standard InChI is InChI=1S/2C25H19N.2C23H17N/c1-18-15-16-25-22(17-18)21-12-6-8-14-24(21)26(25)23-13-7-5-11-20(23)19-9-3-2-4-10-19;1-18-11-16-25-23(17-18)22-9-5-6-10-24(22)26(25)21-14-12-20(13-15-21)19-7-3-2-4-8-19;1-16-13-14-23-20(15-16)19-10-4-5-11-22(19)24(23)21-12-6-8-17-7-2-3-9-18(17)21;1-16-10-13-23-21(14-16)20-8-4-5-9-22(20)24(23)19-12-11-17-6-2-3-7-18(17)15-19/h2*2-17H,1H3;2*2-15H,1H3. The average Bonchev–Trinajstić information content (AvgIpc) is 1.61. The molecule has 4 nitrogen and oxygen atoms in total. The van der Waals surface area contributed by atoms with E-state index < -0.39 is 0 Å². The van der Waals surface area contributed by atoms with Crippen molar-refractivity contribution in [3.63, 3.8) is 0 Å². The third kappa shape index (κ3) is 11.1. The van der Waals surface area contributed by atoms with Gasteiger partial charge in [0.1, 0.15) is 0 Å². The molecule has 0 bridgehead atoms. The van der Waals surface area contributed by atoms with Crippen LogP contribution in [0.2, 0.25) is 0 Å². The number of aromatic nitrogens is 4. The normalized spacial score (nSPS) is 11.4. The van der Waals surface area contributed by atoms with Gasteiger partial charge in [0, 0.05) is 65.4 Å². The van der Waals surface area contributed by atoms with E-state index in [-0.39, 0.29) is 0 Å². The SMILES string of the molecule is Cc1ccc2c(c1)c1ccccc1n2-c1ccc(-c2ccccc2)cc1.Cc1ccc2c(c1)c1ccccc1n2-c1ccc2ccccc2c1.Cc1ccc2c(c1)c1ccccc1n2-c1cccc2ccccc12.Cc1ccc2c(c1)c1ccccc1n2-c1ccccc1-c1ccccc1. The highest BCUT2D eigenvalue weighted by molar-refractivity contribution is 6.13. The minimum atomic E-state index is 1.19. The quantitative estimate of drug-likeness (QED) is 0.158. The summed E-state index contributed by atoms with van der Waals surface area (Å²) < 4.78 is 9.52. The van der Waals surface area contributed by atoms with Crippen LogP contribution >= 0.6 is 0 Å². The molecule has 4 heterocycles.